The Balaban J connectivity index is 2.11. The Morgan fingerprint density at radius 2 is 2.17 bits per heavy atom. The first-order valence-electron chi connectivity index (χ1n) is 6.03. The molecule has 1 aromatic carbocycles. The van der Waals surface area contributed by atoms with E-state index in [4.69, 9.17) is 0 Å². The van der Waals surface area contributed by atoms with Crippen LogP contribution in [0.25, 0.3) is 10.9 Å². The summed E-state index contributed by atoms with van der Waals surface area (Å²) >= 11 is 0. The van der Waals surface area contributed by atoms with Gasteiger partial charge in [-0.1, -0.05) is 18.2 Å². The first kappa shape index (κ1) is 11.0. The van der Waals surface area contributed by atoms with Crippen LogP contribution in [-0.2, 0) is 0 Å². The highest BCUT2D eigenvalue weighted by molar-refractivity contribution is 5.83. The van der Waals surface area contributed by atoms with Gasteiger partial charge in [0, 0.05) is 25.5 Å². The molecule has 0 saturated carbocycles. The van der Waals surface area contributed by atoms with Crippen molar-refractivity contribution in [3.8, 4) is 6.07 Å². The molecule has 1 N–H and O–H groups in total. The Bertz CT molecular complexity index is 625. The molecule has 0 spiro atoms. The second-order valence-electron chi connectivity index (χ2n) is 4.59. The number of hydrogen-bond acceptors (Lipinski definition) is 4. The number of likely N-dealkylation sites (N-methyl/N-ethyl adjacent to an activating group) is 1. The average Bonchev–Trinajstić information content (AvgIpc) is 2.35. The van der Waals surface area contributed by atoms with Crippen LogP contribution in [0.1, 0.15) is 5.56 Å². The molecule has 18 heavy (non-hydrogen) atoms. The molecule has 1 fully saturated rings. The number of pyridine rings is 1. The summed E-state index contributed by atoms with van der Waals surface area (Å²) in [6.45, 7) is 1.91. The number of nitriles is 1. The minimum Gasteiger partial charge on any atom is -0.353 e. The maximum Gasteiger partial charge on any atom is 0.147 e. The monoisotopic (exact) mass is 238 g/mol. The van der Waals surface area contributed by atoms with Crippen molar-refractivity contribution in [3.05, 3.63) is 35.9 Å². The highest BCUT2D eigenvalue weighted by Crippen LogP contribution is 2.24. The van der Waals surface area contributed by atoms with Crippen LogP contribution in [0.5, 0.6) is 0 Å². The maximum absolute atomic E-state index is 9.27. The molecule has 3 rings (SSSR count). The Labute approximate surface area is 106 Å². The zero-order valence-corrected chi connectivity index (χ0v) is 10.2. The zero-order valence-electron chi connectivity index (χ0n) is 10.2. The highest BCUT2D eigenvalue weighted by Gasteiger charge is 2.24. The third kappa shape index (κ3) is 1.69. The van der Waals surface area contributed by atoms with E-state index in [0.29, 0.717) is 11.6 Å². The number of para-hydroxylation sites is 1. The van der Waals surface area contributed by atoms with E-state index in [-0.39, 0.29) is 0 Å². The lowest BCUT2D eigenvalue weighted by molar-refractivity contribution is 0.427. The molecule has 90 valence electrons. The van der Waals surface area contributed by atoms with Crippen molar-refractivity contribution in [1.82, 2.24) is 10.3 Å². The molecule has 4 nitrogen and oxygen atoms in total. The minimum atomic E-state index is 0.436. The molecule has 2 aromatic rings. The van der Waals surface area contributed by atoms with Crippen LogP contribution in [-0.4, -0.2) is 31.2 Å². The minimum absolute atomic E-state index is 0.436. The first-order chi connectivity index (χ1) is 8.79. The van der Waals surface area contributed by atoms with E-state index >= 15 is 0 Å². The smallest absolute Gasteiger partial charge is 0.147 e. The van der Waals surface area contributed by atoms with Crippen molar-refractivity contribution in [3.63, 3.8) is 0 Å². The van der Waals surface area contributed by atoms with Gasteiger partial charge in [-0.15, -0.1) is 0 Å². The largest absolute Gasteiger partial charge is 0.353 e. The van der Waals surface area contributed by atoms with Crippen LogP contribution in [0.2, 0.25) is 0 Å². The molecule has 0 amide bonds. The average molecular weight is 238 g/mol. The lowest BCUT2D eigenvalue weighted by atomic mass is 10.1. The number of rotatable bonds is 2. The van der Waals surface area contributed by atoms with Crippen molar-refractivity contribution in [2.75, 3.05) is 25.0 Å². The van der Waals surface area contributed by atoms with Gasteiger partial charge in [0.15, 0.2) is 0 Å². The normalized spacial score (nSPS) is 15.1. The number of benzene rings is 1. The summed E-state index contributed by atoms with van der Waals surface area (Å²) in [7, 11) is 2.00. The predicted molar refractivity (Wildman–Crippen MR) is 71.5 cm³/mol. The third-order valence-electron chi connectivity index (χ3n) is 3.47. The van der Waals surface area contributed by atoms with Crippen LogP contribution in [0.3, 0.4) is 0 Å². The number of hydrogen-bond donors (Lipinski definition) is 1. The molecule has 0 bridgehead atoms. The van der Waals surface area contributed by atoms with Crippen molar-refractivity contribution < 1.29 is 0 Å². The van der Waals surface area contributed by atoms with Gasteiger partial charge in [0.2, 0.25) is 0 Å². The standard InChI is InChI=1S/C14H14N4/c1-18(12-8-16-9-12)14-11(7-15)6-10-4-2-3-5-13(10)17-14/h2-6,12,16H,8-9H2,1H3. The maximum atomic E-state index is 9.27. The summed E-state index contributed by atoms with van der Waals surface area (Å²) in [5.74, 6) is 0.780. The van der Waals surface area contributed by atoms with E-state index in [1.54, 1.807) is 0 Å². The highest BCUT2D eigenvalue weighted by atomic mass is 15.3. The van der Waals surface area contributed by atoms with Crippen molar-refractivity contribution in [1.29, 1.82) is 5.26 Å². The fourth-order valence-electron chi connectivity index (χ4n) is 2.18. The predicted octanol–water partition coefficient (Wildman–Crippen LogP) is 1.51. The van der Waals surface area contributed by atoms with Gasteiger partial charge in [0.25, 0.3) is 0 Å². The summed E-state index contributed by atoms with van der Waals surface area (Å²) in [6.07, 6.45) is 0. The molecule has 1 aromatic heterocycles. The zero-order chi connectivity index (χ0) is 12.5. The summed E-state index contributed by atoms with van der Waals surface area (Å²) in [5, 5.41) is 13.5. The van der Waals surface area contributed by atoms with Gasteiger partial charge >= 0.3 is 0 Å². The molecular formula is C14H14N4. The quantitative estimate of drug-likeness (QED) is 0.861. The lowest BCUT2D eigenvalue weighted by Crippen LogP contribution is -2.56. The fourth-order valence-corrected chi connectivity index (χ4v) is 2.18. The van der Waals surface area contributed by atoms with Crippen molar-refractivity contribution in [2.24, 2.45) is 0 Å². The van der Waals surface area contributed by atoms with Crippen LogP contribution in [0.4, 0.5) is 5.82 Å². The number of nitrogens with one attached hydrogen (secondary N) is 1. The first-order valence-corrected chi connectivity index (χ1v) is 6.03. The molecule has 4 heteroatoms. The topological polar surface area (TPSA) is 52.0 Å². The molecule has 1 saturated heterocycles. The van der Waals surface area contributed by atoms with Gasteiger partial charge in [-0.2, -0.15) is 5.26 Å². The second-order valence-corrected chi connectivity index (χ2v) is 4.59. The van der Waals surface area contributed by atoms with Gasteiger partial charge in [-0.25, -0.2) is 4.98 Å². The number of aromatic nitrogens is 1. The molecule has 0 unspecified atom stereocenters. The Kier molecular flexibility index (Phi) is 2.62. The van der Waals surface area contributed by atoms with E-state index in [2.05, 4.69) is 21.3 Å². The third-order valence-corrected chi connectivity index (χ3v) is 3.47. The van der Waals surface area contributed by atoms with E-state index in [1.807, 2.05) is 37.4 Å². The van der Waals surface area contributed by atoms with E-state index in [9.17, 15) is 5.26 Å². The summed E-state index contributed by atoms with van der Waals surface area (Å²) in [6, 6.07) is 12.5. The van der Waals surface area contributed by atoms with Crippen molar-refractivity contribution in [2.45, 2.75) is 6.04 Å². The van der Waals surface area contributed by atoms with Gasteiger partial charge < -0.3 is 10.2 Å². The Morgan fingerprint density at radius 3 is 2.83 bits per heavy atom. The van der Waals surface area contributed by atoms with Crippen LogP contribution in [0.15, 0.2) is 30.3 Å². The van der Waals surface area contributed by atoms with E-state index in [1.165, 1.54) is 0 Å². The number of anilines is 1. The van der Waals surface area contributed by atoms with Crippen LogP contribution in [0, 0.1) is 11.3 Å². The second kappa shape index (κ2) is 4.28. The molecule has 1 aliphatic heterocycles. The van der Waals surface area contributed by atoms with E-state index < -0.39 is 0 Å². The molecule has 1 aliphatic rings. The fraction of sp³-hybridized carbons (Fsp3) is 0.286. The summed E-state index contributed by atoms with van der Waals surface area (Å²) in [4.78, 5) is 6.72. The molecular weight excluding hydrogens is 224 g/mol. The van der Waals surface area contributed by atoms with Gasteiger partial charge in [-0.05, 0) is 12.1 Å². The lowest BCUT2D eigenvalue weighted by Gasteiger charge is -2.36. The van der Waals surface area contributed by atoms with Crippen LogP contribution < -0.4 is 10.2 Å². The summed E-state index contributed by atoms with van der Waals surface area (Å²) in [5.41, 5.74) is 1.58. The van der Waals surface area contributed by atoms with Crippen molar-refractivity contribution >= 4 is 16.7 Å². The Morgan fingerprint density at radius 1 is 1.39 bits per heavy atom. The molecule has 0 radical (unpaired) electrons. The number of nitrogens with zero attached hydrogens (tertiary/aromatic N) is 3. The Hall–Kier alpha value is -2.12. The molecule has 0 atom stereocenters. The summed E-state index contributed by atoms with van der Waals surface area (Å²) < 4.78 is 0. The SMILES string of the molecule is CN(c1nc2ccccc2cc1C#N)C1CNC1. The van der Waals surface area contributed by atoms with Gasteiger partial charge in [0.1, 0.15) is 11.9 Å². The van der Waals surface area contributed by atoms with Crippen LogP contribution >= 0.6 is 0 Å². The number of fused-ring (bicyclic) bond motifs is 1. The molecule has 2 heterocycles. The molecule has 0 aliphatic carbocycles. The van der Waals surface area contributed by atoms with E-state index in [0.717, 1.165) is 29.8 Å². The van der Waals surface area contributed by atoms with Gasteiger partial charge in [-0.3, -0.25) is 0 Å². The van der Waals surface area contributed by atoms with Gasteiger partial charge in [0.05, 0.1) is 17.1 Å².